The van der Waals surface area contributed by atoms with E-state index < -0.39 is 7.12 Å². The zero-order chi connectivity index (χ0) is 25.9. The van der Waals surface area contributed by atoms with Crippen LogP contribution in [0.4, 0.5) is 0 Å². The fraction of sp³-hybridized carbons (Fsp3) is 0.571. The third-order valence-electron chi connectivity index (χ3n) is 7.74. The zero-order valence-corrected chi connectivity index (χ0v) is 23.9. The standard InChI is InChI=1S/C17H25BO4.C11H13BrO2/c1-16(2)17(3,4)22-18(21-16)14-7-6-12(10-15(14)19-5)13-8-9-20-11-13;1-13-11-6-8(2-3-10(11)12)9-4-5-14-7-9/h6-7,10,13H,8-9,11H2,1-5H3;2-3,6,9H,4-5,7H2,1H3. The highest BCUT2D eigenvalue weighted by Gasteiger charge is 2.52. The van der Waals surface area contributed by atoms with Crippen LogP contribution in [-0.2, 0) is 18.8 Å². The molecule has 2 atom stereocenters. The molecule has 36 heavy (non-hydrogen) atoms. The van der Waals surface area contributed by atoms with Gasteiger partial charge in [0.1, 0.15) is 11.5 Å². The molecule has 3 saturated heterocycles. The van der Waals surface area contributed by atoms with E-state index in [0.29, 0.717) is 11.8 Å². The maximum atomic E-state index is 6.13. The summed E-state index contributed by atoms with van der Waals surface area (Å²) >= 11 is 3.44. The zero-order valence-electron chi connectivity index (χ0n) is 22.3. The molecule has 3 aliphatic heterocycles. The molecule has 3 aliphatic rings. The van der Waals surface area contributed by atoms with E-state index in [1.807, 2.05) is 6.07 Å². The number of benzene rings is 2. The Bertz CT molecular complexity index is 1010. The highest BCUT2D eigenvalue weighted by atomic mass is 79.9. The first-order valence-corrected chi connectivity index (χ1v) is 13.5. The quantitative estimate of drug-likeness (QED) is 0.453. The van der Waals surface area contributed by atoms with Gasteiger partial charge in [-0.05, 0) is 85.8 Å². The predicted molar refractivity (Wildman–Crippen MR) is 146 cm³/mol. The van der Waals surface area contributed by atoms with Crippen LogP contribution in [0, 0.1) is 0 Å². The lowest BCUT2D eigenvalue weighted by molar-refractivity contribution is 0.00578. The Kier molecular flexibility index (Phi) is 8.73. The van der Waals surface area contributed by atoms with Crippen LogP contribution in [0.15, 0.2) is 40.9 Å². The smallest absolute Gasteiger partial charge is 0.497 e. The molecule has 6 nitrogen and oxygen atoms in total. The summed E-state index contributed by atoms with van der Waals surface area (Å²) in [7, 11) is 2.99. The molecule has 8 heteroatoms. The van der Waals surface area contributed by atoms with Crippen LogP contribution in [0.2, 0.25) is 0 Å². The highest BCUT2D eigenvalue weighted by molar-refractivity contribution is 9.10. The number of ether oxygens (including phenoxy) is 4. The minimum Gasteiger partial charge on any atom is -0.497 e. The molecular formula is C28H38BBrO6. The summed E-state index contributed by atoms with van der Waals surface area (Å²) in [5, 5.41) is 0. The molecule has 0 amide bonds. The first-order chi connectivity index (χ1) is 17.1. The van der Waals surface area contributed by atoms with E-state index in [1.54, 1.807) is 14.2 Å². The van der Waals surface area contributed by atoms with Crippen molar-refractivity contribution in [2.75, 3.05) is 40.6 Å². The van der Waals surface area contributed by atoms with Crippen molar-refractivity contribution in [3.05, 3.63) is 52.0 Å². The lowest BCUT2D eigenvalue weighted by Crippen LogP contribution is -2.41. The van der Waals surface area contributed by atoms with Gasteiger partial charge in [-0.25, -0.2) is 0 Å². The van der Waals surface area contributed by atoms with Crippen molar-refractivity contribution in [2.45, 2.75) is 63.6 Å². The van der Waals surface area contributed by atoms with Crippen LogP contribution < -0.4 is 14.9 Å². The number of hydrogen-bond donors (Lipinski definition) is 0. The second kappa shape index (κ2) is 11.4. The van der Waals surface area contributed by atoms with Gasteiger partial charge in [0.25, 0.3) is 0 Å². The van der Waals surface area contributed by atoms with Crippen LogP contribution in [-0.4, -0.2) is 59.0 Å². The van der Waals surface area contributed by atoms with E-state index in [9.17, 15) is 0 Å². The molecule has 196 valence electrons. The number of methoxy groups -OCH3 is 2. The van der Waals surface area contributed by atoms with Crippen LogP contribution >= 0.6 is 15.9 Å². The first kappa shape index (κ1) is 27.5. The topological polar surface area (TPSA) is 55.4 Å². The van der Waals surface area contributed by atoms with Crippen LogP contribution in [0.5, 0.6) is 11.5 Å². The molecule has 0 bridgehead atoms. The van der Waals surface area contributed by atoms with Gasteiger partial charge < -0.3 is 28.3 Å². The number of halogens is 1. The van der Waals surface area contributed by atoms with Crippen molar-refractivity contribution in [1.29, 1.82) is 0 Å². The van der Waals surface area contributed by atoms with Crippen LogP contribution in [0.25, 0.3) is 0 Å². The van der Waals surface area contributed by atoms with E-state index in [0.717, 1.165) is 60.7 Å². The van der Waals surface area contributed by atoms with Gasteiger partial charge in [0.05, 0.1) is 43.1 Å². The lowest BCUT2D eigenvalue weighted by atomic mass is 9.77. The van der Waals surface area contributed by atoms with Crippen molar-refractivity contribution in [3.63, 3.8) is 0 Å². The Balaban J connectivity index is 0.000000187. The molecule has 0 aromatic heterocycles. The molecule has 0 saturated carbocycles. The fourth-order valence-electron chi connectivity index (χ4n) is 4.67. The molecule has 3 heterocycles. The summed E-state index contributed by atoms with van der Waals surface area (Å²) in [5.74, 6) is 2.72. The van der Waals surface area contributed by atoms with Gasteiger partial charge in [-0.15, -0.1) is 0 Å². The third-order valence-corrected chi connectivity index (χ3v) is 8.40. The van der Waals surface area contributed by atoms with E-state index in [2.05, 4.69) is 74.0 Å². The van der Waals surface area contributed by atoms with E-state index in [4.69, 9.17) is 28.3 Å². The van der Waals surface area contributed by atoms with E-state index in [-0.39, 0.29) is 11.2 Å². The van der Waals surface area contributed by atoms with Gasteiger partial charge in [-0.1, -0.05) is 18.2 Å². The summed E-state index contributed by atoms with van der Waals surface area (Å²) in [5.41, 5.74) is 2.82. The lowest BCUT2D eigenvalue weighted by Gasteiger charge is -2.32. The number of rotatable bonds is 5. The van der Waals surface area contributed by atoms with E-state index in [1.165, 1.54) is 11.1 Å². The monoisotopic (exact) mass is 560 g/mol. The van der Waals surface area contributed by atoms with Crippen molar-refractivity contribution >= 4 is 28.5 Å². The fourth-order valence-corrected chi connectivity index (χ4v) is 5.08. The summed E-state index contributed by atoms with van der Waals surface area (Å²) in [6.45, 7) is 11.6. The third kappa shape index (κ3) is 5.94. The van der Waals surface area contributed by atoms with Crippen LogP contribution in [0.1, 0.15) is 63.5 Å². The predicted octanol–water partition coefficient (Wildman–Crippen LogP) is 5.46. The van der Waals surface area contributed by atoms with Crippen LogP contribution in [0.3, 0.4) is 0 Å². The van der Waals surface area contributed by atoms with Gasteiger partial charge in [-0.3, -0.25) is 0 Å². The Hall–Kier alpha value is -1.58. The maximum Gasteiger partial charge on any atom is 0.498 e. The molecule has 2 unspecified atom stereocenters. The Morgan fingerprint density at radius 2 is 1.28 bits per heavy atom. The Morgan fingerprint density at radius 1 is 0.778 bits per heavy atom. The average molecular weight is 561 g/mol. The number of hydrogen-bond acceptors (Lipinski definition) is 6. The molecule has 0 radical (unpaired) electrons. The van der Waals surface area contributed by atoms with Crippen molar-refractivity contribution in [2.24, 2.45) is 0 Å². The van der Waals surface area contributed by atoms with Gasteiger partial charge >= 0.3 is 7.12 Å². The van der Waals surface area contributed by atoms with Crippen molar-refractivity contribution in [1.82, 2.24) is 0 Å². The molecule has 0 aliphatic carbocycles. The second-order valence-corrected chi connectivity index (χ2v) is 11.5. The molecule has 3 fully saturated rings. The van der Waals surface area contributed by atoms with Gasteiger partial charge in [0, 0.05) is 30.5 Å². The maximum absolute atomic E-state index is 6.13. The SMILES string of the molecule is COc1cc(C2CCOC2)ccc1B1OC(C)(C)C(C)(C)O1.COc1cc(C2CCOC2)ccc1Br. The van der Waals surface area contributed by atoms with Gasteiger partial charge in [0.15, 0.2) is 0 Å². The summed E-state index contributed by atoms with van der Waals surface area (Å²) < 4.78 is 35.0. The summed E-state index contributed by atoms with van der Waals surface area (Å²) in [6, 6.07) is 12.6. The molecular weight excluding hydrogens is 523 g/mol. The largest absolute Gasteiger partial charge is 0.498 e. The van der Waals surface area contributed by atoms with E-state index >= 15 is 0 Å². The summed E-state index contributed by atoms with van der Waals surface area (Å²) in [4.78, 5) is 0. The van der Waals surface area contributed by atoms with Crippen molar-refractivity contribution < 1.29 is 28.3 Å². The normalized spacial score (nSPS) is 24.4. The molecule has 2 aromatic carbocycles. The summed E-state index contributed by atoms with van der Waals surface area (Å²) in [6.07, 6.45) is 2.18. The van der Waals surface area contributed by atoms with Gasteiger partial charge in [0.2, 0.25) is 0 Å². The highest BCUT2D eigenvalue weighted by Crippen LogP contribution is 2.38. The Labute approximate surface area is 224 Å². The van der Waals surface area contributed by atoms with Crippen molar-refractivity contribution in [3.8, 4) is 11.5 Å². The molecule has 5 rings (SSSR count). The molecule has 2 aromatic rings. The average Bonchev–Trinajstić information content (AvgIpc) is 3.61. The molecule has 0 spiro atoms. The van der Waals surface area contributed by atoms with Gasteiger partial charge in [-0.2, -0.15) is 0 Å². The second-order valence-electron chi connectivity index (χ2n) is 10.6. The minimum absolute atomic E-state index is 0.347. The Morgan fingerprint density at radius 3 is 1.75 bits per heavy atom. The first-order valence-electron chi connectivity index (χ1n) is 12.7. The minimum atomic E-state index is -0.395. The molecule has 0 N–H and O–H groups in total.